The number of nitrogens with zero attached hydrogens (tertiary/aromatic N) is 4. The summed E-state index contributed by atoms with van der Waals surface area (Å²) in [6, 6.07) is 9.05. The number of carboxylic acid groups (broad SMARTS) is 1. The number of aromatic nitrogens is 3. The number of oxime groups is 1. The standard InChI is InChI=1S/C15H13N5O5S/c1-20-12(19-25-15(20)23)11(9-5-3-2-4-6-9)18-24-7-10-8-26-13(16-10)17-14(21)22/h2-6,8H,7H2,1H3,(H,16,17)(H,21,22)/b18-11-. The minimum absolute atomic E-state index is 0.0138. The van der Waals surface area contributed by atoms with Crippen LogP contribution >= 0.6 is 11.3 Å². The van der Waals surface area contributed by atoms with Gasteiger partial charge < -0.3 is 9.94 Å². The number of benzene rings is 1. The Labute approximate surface area is 150 Å². The van der Waals surface area contributed by atoms with Crippen molar-refractivity contribution in [1.29, 1.82) is 0 Å². The van der Waals surface area contributed by atoms with Gasteiger partial charge in [0.2, 0.25) is 5.82 Å². The maximum atomic E-state index is 11.5. The van der Waals surface area contributed by atoms with Gasteiger partial charge >= 0.3 is 11.8 Å². The van der Waals surface area contributed by atoms with Crippen LogP contribution in [0.1, 0.15) is 17.1 Å². The predicted molar refractivity (Wildman–Crippen MR) is 92.4 cm³/mol. The molecule has 0 radical (unpaired) electrons. The second-order valence-electron chi connectivity index (χ2n) is 4.98. The molecular weight excluding hydrogens is 362 g/mol. The van der Waals surface area contributed by atoms with Crippen LogP contribution in [0.15, 0.2) is 50.2 Å². The quantitative estimate of drug-likeness (QED) is 0.496. The van der Waals surface area contributed by atoms with Gasteiger partial charge in [0, 0.05) is 18.0 Å². The highest BCUT2D eigenvalue weighted by atomic mass is 32.1. The van der Waals surface area contributed by atoms with Crippen molar-refractivity contribution >= 4 is 28.3 Å². The summed E-state index contributed by atoms with van der Waals surface area (Å²) < 4.78 is 5.86. The molecule has 2 N–H and O–H groups in total. The second kappa shape index (κ2) is 7.61. The van der Waals surface area contributed by atoms with Gasteiger partial charge in [-0.1, -0.05) is 40.6 Å². The fourth-order valence-electron chi connectivity index (χ4n) is 2.00. The molecule has 3 rings (SSSR count). The van der Waals surface area contributed by atoms with Gasteiger partial charge in [-0.3, -0.25) is 14.4 Å². The molecule has 11 heteroatoms. The van der Waals surface area contributed by atoms with E-state index in [2.05, 4.69) is 25.1 Å². The summed E-state index contributed by atoms with van der Waals surface area (Å²) in [4.78, 5) is 31.5. The normalized spacial score (nSPS) is 11.3. The smallest absolute Gasteiger partial charge is 0.441 e. The van der Waals surface area contributed by atoms with Crippen molar-refractivity contribution in [2.24, 2.45) is 12.2 Å². The summed E-state index contributed by atoms with van der Waals surface area (Å²) in [6.45, 7) is 0.0138. The van der Waals surface area contributed by atoms with Crippen LogP contribution in [-0.4, -0.2) is 31.6 Å². The van der Waals surface area contributed by atoms with E-state index in [9.17, 15) is 9.59 Å². The summed E-state index contributed by atoms with van der Waals surface area (Å²) in [5.41, 5.74) is 1.50. The molecule has 26 heavy (non-hydrogen) atoms. The molecule has 0 saturated carbocycles. The average molecular weight is 375 g/mol. The van der Waals surface area contributed by atoms with Crippen LogP contribution in [-0.2, 0) is 18.5 Å². The third-order valence-corrected chi connectivity index (χ3v) is 4.00. The maximum absolute atomic E-state index is 11.5. The third-order valence-electron chi connectivity index (χ3n) is 3.19. The van der Waals surface area contributed by atoms with E-state index in [0.29, 0.717) is 17.0 Å². The van der Waals surface area contributed by atoms with Gasteiger partial charge in [0.15, 0.2) is 17.5 Å². The van der Waals surface area contributed by atoms with Crippen molar-refractivity contribution < 1.29 is 19.3 Å². The molecule has 0 bridgehead atoms. The van der Waals surface area contributed by atoms with Gasteiger partial charge in [-0.05, 0) is 0 Å². The molecule has 2 heterocycles. The Balaban J connectivity index is 1.81. The number of amides is 1. The maximum Gasteiger partial charge on any atom is 0.441 e. The lowest BCUT2D eigenvalue weighted by atomic mass is 10.1. The van der Waals surface area contributed by atoms with E-state index in [1.165, 1.54) is 11.6 Å². The van der Waals surface area contributed by atoms with Crippen LogP contribution in [0, 0.1) is 0 Å². The van der Waals surface area contributed by atoms with E-state index in [-0.39, 0.29) is 17.6 Å². The number of anilines is 1. The van der Waals surface area contributed by atoms with Crippen LogP contribution in [0.2, 0.25) is 0 Å². The summed E-state index contributed by atoms with van der Waals surface area (Å²) >= 11 is 1.13. The number of rotatable bonds is 6. The van der Waals surface area contributed by atoms with E-state index < -0.39 is 11.8 Å². The summed E-state index contributed by atoms with van der Waals surface area (Å²) in [5.74, 6) is -0.403. The number of nitrogens with one attached hydrogen (secondary N) is 1. The van der Waals surface area contributed by atoms with Crippen LogP contribution < -0.4 is 11.1 Å². The van der Waals surface area contributed by atoms with Crippen molar-refractivity contribution in [1.82, 2.24) is 14.7 Å². The molecule has 3 aromatic rings. The van der Waals surface area contributed by atoms with Gasteiger partial charge in [0.25, 0.3) is 0 Å². The molecule has 134 valence electrons. The van der Waals surface area contributed by atoms with Gasteiger partial charge in [-0.15, -0.1) is 11.3 Å². The number of thiazole rings is 1. The summed E-state index contributed by atoms with van der Waals surface area (Å²) in [6.07, 6.45) is -1.19. The van der Waals surface area contributed by atoms with Gasteiger partial charge in [-0.25, -0.2) is 14.6 Å². The fourth-order valence-corrected chi connectivity index (χ4v) is 2.68. The highest BCUT2D eigenvalue weighted by molar-refractivity contribution is 7.13. The second-order valence-corrected chi connectivity index (χ2v) is 5.84. The van der Waals surface area contributed by atoms with Crippen molar-refractivity contribution in [2.75, 3.05) is 5.32 Å². The van der Waals surface area contributed by atoms with E-state index in [4.69, 9.17) is 9.94 Å². The molecule has 1 amide bonds. The monoisotopic (exact) mass is 375 g/mol. The van der Waals surface area contributed by atoms with E-state index in [1.807, 2.05) is 18.2 Å². The molecule has 10 nitrogen and oxygen atoms in total. The molecule has 0 aliphatic carbocycles. The first kappa shape index (κ1) is 17.4. The molecular formula is C15H13N5O5S. The Bertz CT molecular complexity index is 991. The molecule has 0 atom stereocenters. The van der Waals surface area contributed by atoms with Crippen LogP contribution in [0.3, 0.4) is 0 Å². The van der Waals surface area contributed by atoms with E-state index in [0.717, 1.165) is 11.3 Å². The Hall–Kier alpha value is -3.47. The predicted octanol–water partition coefficient (Wildman–Crippen LogP) is 1.89. The molecule has 0 aliphatic rings. The number of hydrogen-bond donors (Lipinski definition) is 2. The van der Waals surface area contributed by atoms with Crippen LogP contribution in [0.25, 0.3) is 0 Å². The average Bonchev–Trinajstić information content (AvgIpc) is 3.20. The SMILES string of the molecule is Cn1c(/C(=N\OCc2csc(NC(=O)O)n2)c2ccccc2)noc1=O. The molecule has 1 aromatic carbocycles. The largest absolute Gasteiger partial charge is 0.465 e. The third kappa shape index (κ3) is 3.95. The highest BCUT2D eigenvalue weighted by Crippen LogP contribution is 2.16. The highest BCUT2D eigenvalue weighted by Gasteiger charge is 2.17. The van der Waals surface area contributed by atoms with E-state index >= 15 is 0 Å². The Morgan fingerprint density at radius 2 is 2.19 bits per heavy atom. The molecule has 2 aromatic heterocycles. The topological polar surface area (TPSA) is 132 Å². The minimum Gasteiger partial charge on any atom is -0.465 e. The van der Waals surface area contributed by atoms with Crippen LogP contribution in [0.5, 0.6) is 0 Å². The van der Waals surface area contributed by atoms with Crippen molar-refractivity contribution in [3.05, 3.63) is 63.3 Å². The number of hydrogen-bond acceptors (Lipinski definition) is 8. The Morgan fingerprint density at radius 3 is 2.85 bits per heavy atom. The Morgan fingerprint density at radius 1 is 1.42 bits per heavy atom. The van der Waals surface area contributed by atoms with Gasteiger partial charge in [-0.2, -0.15) is 0 Å². The first-order valence-corrected chi connectivity index (χ1v) is 8.15. The first-order chi connectivity index (χ1) is 12.5. The number of carbonyl (C=O) groups is 1. The van der Waals surface area contributed by atoms with Gasteiger partial charge in [0.05, 0.1) is 5.69 Å². The fraction of sp³-hybridized carbons (Fsp3) is 0.133. The molecule has 0 fully saturated rings. The lowest BCUT2D eigenvalue weighted by Crippen LogP contribution is -2.17. The molecule has 0 saturated heterocycles. The first-order valence-electron chi connectivity index (χ1n) is 7.27. The molecule has 0 aliphatic heterocycles. The zero-order valence-electron chi connectivity index (χ0n) is 13.4. The molecule has 0 unspecified atom stereocenters. The minimum atomic E-state index is -1.19. The van der Waals surface area contributed by atoms with Gasteiger partial charge in [0.1, 0.15) is 0 Å². The van der Waals surface area contributed by atoms with Crippen LogP contribution in [0.4, 0.5) is 9.93 Å². The zero-order valence-corrected chi connectivity index (χ0v) is 14.3. The van der Waals surface area contributed by atoms with E-state index in [1.54, 1.807) is 17.5 Å². The summed E-state index contributed by atoms with van der Waals surface area (Å²) in [5, 5.41) is 20.5. The Kier molecular flexibility index (Phi) is 5.08. The van der Waals surface area contributed by atoms with Crippen molar-refractivity contribution in [3.8, 4) is 0 Å². The zero-order chi connectivity index (χ0) is 18.5. The lowest BCUT2D eigenvalue weighted by molar-refractivity contribution is 0.128. The van der Waals surface area contributed by atoms with Crippen molar-refractivity contribution in [3.63, 3.8) is 0 Å². The molecule has 0 spiro atoms. The summed E-state index contributed by atoms with van der Waals surface area (Å²) in [7, 11) is 1.51. The van der Waals surface area contributed by atoms with Crippen molar-refractivity contribution in [2.45, 2.75) is 6.61 Å². The lowest BCUT2D eigenvalue weighted by Gasteiger charge is -2.05.